The van der Waals surface area contributed by atoms with Crippen molar-refractivity contribution in [2.24, 2.45) is 5.92 Å². The molecule has 1 aliphatic carbocycles. The van der Waals surface area contributed by atoms with Gasteiger partial charge in [-0.2, -0.15) is 0 Å². The molecule has 0 aromatic carbocycles. The molecule has 0 unspecified atom stereocenters. The minimum absolute atomic E-state index is 0.850. The summed E-state index contributed by atoms with van der Waals surface area (Å²) in [7, 11) is 0. The molecule has 1 fully saturated rings. The van der Waals surface area contributed by atoms with Crippen LogP contribution >= 0.6 is 27.3 Å². The topological polar surface area (TPSA) is 37.8 Å². The third kappa shape index (κ3) is 3.72. The van der Waals surface area contributed by atoms with Gasteiger partial charge in [-0.3, -0.25) is 0 Å². The van der Waals surface area contributed by atoms with Crippen LogP contribution in [0.2, 0.25) is 0 Å². The molecule has 1 aliphatic rings. The van der Waals surface area contributed by atoms with E-state index in [1.54, 1.807) is 11.3 Å². The van der Waals surface area contributed by atoms with Crippen molar-refractivity contribution in [2.75, 3.05) is 11.9 Å². The number of nitrogens with one attached hydrogen (secondary N) is 1. The van der Waals surface area contributed by atoms with E-state index in [-0.39, 0.29) is 0 Å². The molecule has 1 N–H and O–H groups in total. The van der Waals surface area contributed by atoms with Gasteiger partial charge < -0.3 is 5.32 Å². The molecule has 0 bridgehead atoms. The molecule has 1 saturated carbocycles. The molecule has 0 amide bonds. The van der Waals surface area contributed by atoms with Crippen LogP contribution in [0, 0.1) is 5.92 Å². The highest BCUT2D eigenvalue weighted by Gasteiger charge is 2.12. The second-order valence-corrected chi connectivity index (χ2v) is 6.33. The van der Waals surface area contributed by atoms with Gasteiger partial charge in [0, 0.05) is 6.54 Å². The zero-order valence-corrected chi connectivity index (χ0v) is 11.1. The van der Waals surface area contributed by atoms with Crippen molar-refractivity contribution < 1.29 is 0 Å². The summed E-state index contributed by atoms with van der Waals surface area (Å²) >= 11 is 4.86. The Morgan fingerprint density at radius 3 is 2.73 bits per heavy atom. The molecule has 1 aromatic rings. The number of hydrogen-bond acceptors (Lipinski definition) is 4. The minimum atomic E-state index is 0.850. The summed E-state index contributed by atoms with van der Waals surface area (Å²) in [5, 5.41) is 12.2. The van der Waals surface area contributed by atoms with E-state index in [0.29, 0.717) is 0 Å². The molecule has 0 radical (unpaired) electrons. The fourth-order valence-electron chi connectivity index (χ4n) is 2.14. The van der Waals surface area contributed by atoms with E-state index in [9.17, 15) is 0 Å². The first kappa shape index (κ1) is 11.3. The highest BCUT2D eigenvalue weighted by Crippen LogP contribution is 2.26. The van der Waals surface area contributed by atoms with Crippen molar-refractivity contribution >= 4 is 32.4 Å². The zero-order valence-electron chi connectivity index (χ0n) is 8.71. The van der Waals surface area contributed by atoms with E-state index in [1.165, 1.54) is 38.5 Å². The molecular weight excluding hydrogens is 274 g/mol. The standard InChI is InChI=1S/C10H16BrN3S/c11-9-13-14-10(15-9)12-7-6-8-4-2-1-3-5-8/h8H,1-7H2,(H,12,14). The first-order chi connectivity index (χ1) is 7.34. The number of halogens is 1. The van der Waals surface area contributed by atoms with E-state index in [2.05, 4.69) is 31.4 Å². The number of nitrogens with zero attached hydrogens (tertiary/aromatic N) is 2. The van der Waals surface area contributed by atoms with Crippen molar-refractivity contribution in [1.29, 1.82) is 0 Å². The van der Waals surface area contributed by atoms with Crippen molar-refractivity contribution in [1.82, 2.24) is 10.2 Å². The molecular formula is C10H16BrN3S. The van der Waals surface area contributed by atoms with Crippen LogP contribution < -0.4 is 5.32 Å². The largest absolute Gasteiger partial charge is 0.360 e. The molecule has 0 saturated heterocycles. The number of rotatable bonds is 4. The van der Waals surface area contributed by atoms with Gasteiger partial charge in [0.05, 0.1) is 0 Å². The first-order valence-electron chi connectivity index (χ1n) is 5.57. The summed E-state index contributed by atoms with van der Waals surface area (Å²) in [5.74, 6) is 0.933. The Labute approximate surface area is 103 Å². The molecule has 84 valence electrons. The van der Waals surface area contributed by atoms with E-state index >= 15 is 0 Å². The van der Waals surface area contributed by atoms with Crippen LogP contribution in [-0.4, -0.2) is 16.7 Å². The first-order valence-corrected chi connectivity index (χ1v) is 7.18. The Morgan fingerprint density at radius 2 is 2.07 bits per heavy atom. The average molecular weight is 290 g/mol. The van der Waals surface area contributed by atoms with Crippen LogP contribution in [0.25, 0.3) is 0 Å². The second-order valence-electron chi connectivity index (χ2n) is 4.08. The molecule has 1 aromatic heterocycles. The van der Waals surface area contributed by atoms with Crippen LogP contribution in [0.1, 0.15) is 38.5 Å². The van der Waals surface area contributed by atoms with Gasteiger partial charge in [-0.15, -0.1) is 10.2 Å². The van der Waals surface area contributed by atoms with Gasteiger partial charge in [-0.05, 0) is 28.3 Å². The fourth-order valence-corrected chi connectivity index (χ4v) is 3.17. The van der Waals surface area contributed by atoms with E-state index < -0.39 is 0 Å². The quantitative estimate of drug-likeness (QED) is 0.919. The van der Waals surface area contributed by atoms with Crippen LogP contribution in [0.15, 0.2) is 3.92 Å². The summed E-state index contributed by atoms with van der Waals surface area (Å²) in [6.07, 6.45) is 8.40. The second kappa shape index (κ2) is 5.80. The van der Waals surface area contributed by atoms with Crippen molar-refractivity contribution in [2.45, 2.75) is 38.5 Å². The van der Waals surface area contributed by atoms with Crippen LogP contribution in [-0.2, 0) is 0 Å². The molecule has 0 atom stereocenters. The van der Waals surface area contributed by atoms with Crippen molar-refractivity contribution in [3.63, 3.8) is 0 Å². The average Bonchev–Trinajstić information content (AvgIpc) is 2.66. The molecule has 2 rings (SSSR count). The van der Waals surface area contributed by atoms with E-state index in [4.69, 9.17) is 0 Å². The van der Waals surface area contributed by atoms with E-state index in [1.807, 2.05) is 0 Å². The normalized spacial score (nSPS) is 17.9. The Bertz CT molecular complexity index is 297. The molecule has 1 heterocycles. The monoisotopic (exact) mass is 289 g/mol. The maximum absolute atomic E-state index is 4.01. The van der Waals surface area contributed by atoms with Gasteiger partial charge in [0.2, 0.25) is 5.13 Å². The zero-order chi connectivity index (χ0) is 10.5. The van der Waals surface area contributed by atoms with Crippen molar-refractivity contribution in [3.05, 3.63) is 3.92 Å². The molecule has 0 aliphatic heterocycles. The summed E-state index contributed by atoms with van der Waals surface area (Å²) in [5.41, 5.74) is 0. The van der Waals surface area contributed by atoms with Gasteiger partial charge in [0.1, 0.15) is 0 Å². The highest BCUT2D eigenvalue weighted by molar-refractivity contribution is 9.11. The Balaban J connectivity index is 1.65. The van der Waals surface area contributed by atoms with Crippen LogP contribution in [0.4, 0.5) is 5.13 Å². The minimum Gasteiger partial charge on any atom is -0.360 e. The predicted molar refractivity (Wildman–Crippen MR) is 67.3 cm³/mol. The molecule has 5 heteroatoms. The summed E-state index contributed by atoms with van der Waals surface area (Å²) in [6.45, 7) is 1.03. The van der Waals surface area contributed by atoms with Gasteiger partial charge in [0.15, 0.2) is 3.92 Å². The Morgan fingerprint density at radius 1 is 1.27 bits per heavy atom. The number of anilines is 1. The van der Waals surface area contributed by atoms with Gasteiger partial charge in [-0.25, -0.2) is 0 Å². The molecule has 3 nitrogen and oxygen atoms in total. The fraction of sp³-hybridized carbons (Fsp3) is 0.800. The predicted octanol–water partition coefficient (Wildman–Crippen LogP) is 3.68. The summed E-state index contributed by atoms with van der Waals surface area (Å²) in [6, 6.07) is 0. The maximum atomic E-state index is 4.01. The van der Waals surface area contributed by atoms with E-state index in [0.717, 1.165) is 21.5 Å². The lowest BCUT2D eigenvalue weighted by molar-refractivity contribution is 0.345. The highest BCUT2D eigenvalue weighted by atomic mass is 79.9. The van der Waals surface area contributed by atoms with Crippen LogP contribution in [0.3, 0.4) is 0 Å². The smallest absolute Gasteiger partial charge is 0.206 e. The van der Waals surface area contributed by atoms with Crippen molar-refractivity contribution in [3.8, 4) is 0 Å². The lowest BCUT2D eigenvalue weighted by Gasteiger charge is -2.21. The SMILES string of the molecule is Brc1nnc(NCCC2CCCCC2)s1. The molecule has 15 heavy (non-hydrogen) atoms. The van der Waals surface area contributed by atoms with Gasteiger partial charge in [0.25, 0.3) is 0 Å². The lowest BCUT2D eigenvalue weighted by Crippen LogP contribution is -2.12. The summed E-state index contributed by atoms with van der Waals surface area (Å²) in [4.78, 5) is 0. The third-order valence-corrected chi connectivity index (χ3v) is 4.27. The third-order valence-electron chi connectivity index (χ3n) is 2.95. The number of aromatic nitrogens is 2. The Hall–Kier alpha value is -0.160. The van der Waals surface area contributed by atoms with Crippen LogP contribution in [0.5, 0.6) is 0 Å². The summed E-state index contributed by atoms with van der Waals surface area (Å²) < 4.78 is 0.850. The van der Waals surface area contributed by atoms with Gasteiger partial charge in [-0.1, -0.05) is 43.4 Å². The van der Waals surface area contributed by atoms with Gasteiger partial charge >= 0.3 is 0 Å². The lowest BCUT2D eigenvalue weighted by atomic mass is 9.87. The maximum Gasteiger partial charge on any atom is 0.206 e. The molecule has 0 spiro atoms. The number of hydrogen-bond donors (Lipinski definition) is 1. The Kier molecular flexibility index (Phi) is 4.38.